The molecule has 0 heterocycles. The molecule has 0 rings (SSSR count). The summed E-state index contributed by atoms with van der Waals surface area (Å²) >= 11 is 0. The van der Waals surface area contributed by atoms with E-state index in [1.54, 1.807) is 0 Å². The average Bonchev–Trinajstić information content (AvgIpc) is 1.85. The summed E-state index contributed by atoms with van der Waals surface area (Å²) in [5.74, 6) is -0.486. The Bertz CT molecular complexity index is 339. The fourth-order valence-corrected chi connectivity index (χ4v) is 0.607. The molecule has 0 atom stereocenters. The first-order valence-electron chi connectivity index (χ1n) is 2.77. The smallest absolute Gasteiger partial charge is 0.293 e. The Labute approximate surface area is 70.3 Å². The van der Waals surface area contributed by atoms with E-state index in [9.17, 15) is 8.42 Å². The lowest BCUT2D eigenvalue weighted by atomic mass is 10.3. The molecule has 5 nitrogen and oxygen atoms in total. The van der Waals surface area contributed by atoms with Gasteiger partial charge in [0.1, 0.15) is 5.76 Å². The Morgan fingerprint density at radius 2 is 1.83 bits per heavy atom. The molecular formula is C6H9NO4S. The Hall–Kier alpha value is -1.27. The normalized spacial score (nSPS) is 12.6. The SMILES string of the molecule is C=C(O)/C(N)=C\C(=C)S(=O)(=O)O. The molecule has 0 unspecified atom stereocenters. The van der Waals surface area contributed by atoms with Gasteiger partial charge in [-0.3, -0.25) is 4.55 Å². The molecule has 0 bridgehead atoms. The minimum Gasteiger partial charge on any atom is -0.506 e. The van der Waals surface area contributed by atoms with Crippen molar-refractivity contribution in [1.82, 2.24) is 0 Å². The van der Waals surface area contributed by atoms with Crippen LogP contribution in [0.25, 0.3) is 0 Å². The van der Waals surface area contributed by atoms with Crippen LogP contribution in [-0.2, 0) is 10.1 Å². The summed E-state index contributed by atoms with van der Waals surface area (Å²) in [5.41, 5.74) is 4.82. The van der Waals surface area contributed by atoms with E-state index >= 15 is 0 Å². The first-order chi connectivity index (χ1) is 5.25. The van der Waals surface area contributed by atoms with Crippen molar-refractivity contribution in [2.45, 2.75) is 0 Å². The maximum atomic E-state index is 10.3. The number of hydrogen-bond acceptors (Lipinski definition) is 4. The summed E-state index contributed by atoms with van der Waals surface area (Å²) < 4.78 is 29.0. The first-order valence-corrected chi connectivity index (χ1v) is 4.21. The van der Waals surface area contributed by atoms with E-state index in [4.69, 9.17) is 15.4 Å². The lowest BCUT2D eigenvalue weighted by Gasteiger charge is -1.98. The fraction of sp³-hybridized carbons (Fsp3) is 0. The van der Waals surface area contributed by atoms with Crippen molar-refractivity contribution in [1.29, 1.82) is 0 Å². The predicted octanol–water partition coefficient (Wildman–Crippen LogP) is 0.302. The van der Waals surface area contributed by atoms with Gasteiger partial charge in [-0.1, -0.05) is 13.2 Å². The number of hydrogen-bond donors (Lipinski definition) is 3. The standard InChI is InChI=1S/C6H9NO4S/c1-4(12(9,10)11)3-6(7)5(2)8/h3,8H,1-2,7H2,(H,9,10,11)/b6-3+. The van der Waals surface area contributed by atoms with E-state index in [-0.39, 0.29) is 5.70 Å². The zero-order chi connectivity index (χ0) is 9.94. The Kier molecular flexibility index (Phi) is 3.06. The number of rotatable bonds is 3. The van der Waals surface area contributed by atoms with Crippen molar-refractivity contribution in [3.8, 4) is 0 Å². The molecule has 0 fully saturated rings. The molecule has 0 saturated carbocycles. The van der Waals surface area contributed by atoms with Crippen molar-refractivity contribution in [3.05, 3.63) is 35.6 Å². The quantitative estimate of drug-likeness (QED) is 0.338. The molecular weight excluding hydrogens is 182 g/mol. The first kappa shape index (κ1) is 10.7. The maximum absolute atomic E-state index is 10.3. The highest BCUT2D eigenvalue weighted by Gasteiger charge is 2.08. The van der Waals surface area contributed by atoms with Gasteiger partial charge in [-0.05, 0) is 6.08 Å². The fourth-order valence-electron chi connectivity index (χ4n) is 0.331. The van der Waals surface area contributed by atoms with E-state index in [0.717, 1.165) is 6.08 Å². The van der Waals surface area contributed by atoms with Gasteiger partial charge in [-0.15, -0.1) is 0 Å². The van der Waals surface area contributed by atoms with Gasteiger partial charge in [0.25, 0.3) is 10.1 Å². The molecule has 12 heavy (non-hydrogen) atoms. The largest absolute Gasteiger partial charge is 0.506 e. The summed E-state index contributed by atoms with van der Waals surface area (Å²) in [7, 11) is -4.33. The second kappa shape index (κ2) is 3.42. The van der Waals surface area contributed by atoms with E-state index < -0.39 is 20.8 Å². The number of aliphatic hydroxyl groups excluding tert-OH is 1. The second-order valence-corrected chi connectivity index (χ2v) is 3.46. The van der Waals surface area contributed by atoms with Crippen molar-refractivity contribution >= 4 is 10.1 Å². The molecule has 0 radical (unpaired) electrons. The summed E-state index contributed by atoms with van der Waals surface area (Å²) in [6.45, 7) is 6.04. The maximum Gasteiger partial charge on any atom is 0.293 e. The highest BCUT2D eigenvalue weighted by atomic mass is 32.2. The van der Waals surface area contributed by atoms with Gasteiger partial charge in [0.2, 0.25) is 0 Å². The van der Waals surface area contributed by atoms with Gasteiger partial charge in [-0.2, -0.15) is 8.42 Å². The highest BCUT2D eigenvalue weighted by molar-refractivity contribution is 7.90. The molecule has 0 amide bonds. The number of nitrogens with two attached hydrogens (primary N) is 1. The number of aliphatic hydroxyl groups is 1. The van der Waals surface area contributed by atoms with Crippen molar-refractivity contribution in [3.63, 3.8) is 0 Å². The molecule has 68 valence electrons. The predicted molar refractivity (Wildman–Crippen MR) is 44.7 cm³/mol. The average molecular weight is 191 g/mol. The molecule has 0 aliphatic carbocycles. The van der Waals surface area contributed by atoms with Gasteiger partial charge >= 0.3 is 0 Å². The van der Waals surface area contributed by atoms with Crippen LogP contribution < -0.4 is 5.73 Å². The molecule has 0 spiro atoms. The van der Waals surface area contributed by atoms with Crippen LogP contribution in [0.15, 0.2) is 35.6 Å². The number of allylic oxidation sites excluding steroid dienone is 1. The third-order valence-corrected chi connectivity index (χ3v) is 1.76. The summed E-state index contributed by atoms with van der Waals surface area (Å²) in [5, 5.41) is 8.63. The Morgan fingerprint density at radius 1 is 1.42 bits per heavy atom. The molecule has 0 saturated heterocycles. The minimum absolute atomic E-state index is 0.266. The second-order valence-electron chi connectivity index (χ2n) is 1.99. The zero-order valence-electron chi connectivity index (χ0n) is 6.19. The Morgan fingerprint density at radius 3 is 2.08 bits per heavy atom. The molecule has 4 N–H and O–H groups in total. The lowest BCUT2D eigenvalue weighted by Crippen LogP contribution is -2.04. The zero-order valence-corrected chi connectivity index (χ0v) is 7.00. The topological polar surface area (TPSA) is 101 Å². The molecule has 0 aromatic carbocycles. The van der Waals surface area contributed by atoms with Gasteiger partial charge in [-0.25, -0.2) is 0 Å². The van der Waals surface area contributed by atoms with Crippen molar-refractivity contribution < 1.29 is 18.1 Å². The molecule has 0 aliphatic heterocycles. The van der Waals surface area contributed by atoms with Gasteiger partial charge in [0, 0.05) is 0 Å². The van der Waals surface area contributed by atoms with Crippen LogP contribution in [0, 0.1) is 0 Å². The highest BCUT2D eigenvalue weighted by Crippen LogP contribution is 2.06. The van der Waals surface area contributed by atoms with Crippen LogP contribution in [0.2, 0.25) is 0 Å². The van der Waals surface area contributed by atoms with Crippen LogP contribution in [0.5, 0.6) is 0 Å². The minimum atomic E-state index is -4.33. The monoisotopic (exact) mass is 191 g/mol. The van der Waals surface area contributed by atoms with Crippen LogP contribution >= 0.6 is 0 Å². The molecule has 0 aliphatic rings. The van der Waals surface area contributed by atoms with E-state index in [2.05, 4.69) is 13.2 Å². The van der Waals surface area contributed by atoms with Crippen LogP contribution in [0.1, 0.15) is 0 Å². The summed E-state index contributed by atoms with van der Waals surface area (Å²) in [4.78, 5) is -0.602. The van der Waals surface area contributed by atoms with Crippen LogP contribution in [0.3, 0.4) is 0 Å². The summed E-state index contributed by atoms with van der Waals surface area (Å²) in [6, 6.07) is 0. The van der Waals surface area contributed by atoms with Crippen LogP contribution in [0.4, 0.5) is 0 Å². The van der Waals surface area contributed by atoms with E-state index in [1.165, 1.54) is 0 Å². The third-order valence-electron chi connectivity index (χ3n) is 0.981. The van der Waals surface area contributed by atoms with Gasteiger partial charge in [0.05, 0.1) is 10.6 Å². The third kappa shape index (κ3) is 3.22. The molecule has 6 heteroatoms. The van der Waals surface area contributed by atoms with Gasteiger partial charge in [0.15, 0.2) is 0 Å². The summed E-state index contributed by atoms with van der Waals surface area (Å²) in [6.07, 6.45) is 0.803. The van der Waals surface area contributed by atoms with Crippen molar-refractivity contribution in [2.75, 3.05) is 0 Å². The van der Waals surface area contributed by atoms with Crippen molar-refractivity contribution in [2.24, 2.45) is 5.73 Å². The molecule has 0 aromatic heterocycles. The van der Waals surface area contributed by atoms with Gasteiger partial charge < -0.3 is 10.8 Å². The lowest BCUT2D eigenvalue weighted by molar-refractivity contribution is 0.425. The molecule has 0 aromatic rings. The van der Waals surface area contributed by atoms with E-state index in [1.807, 2.05) is 0 Å². The van der Waals surface area contributed by atoms with E-state index in [0.29, 0.717) is 0 Å². The van der Waals surface area contributed by atoms with Crippen LogP contribution in [-0.4, -0.2) is 18.1 Å². The Balaban J connectivity index is 4.81.